The number of ether oxygens (including phenoxy) is 1. The van der Waals surface area contributed by atoms with Crippen LogP contribution in [0.2, 0.25) is 0 Å². The topological polar surface area (TPSA) is 101 Å². The van der Waals surface area contributed by atoms with Crippen molar-refractivity contribution in [2.75, 3.05) is 13.1 Å². The molecule has 1 aliphatic rings. The number of carbonyl (C=O) groups excluding carboxylic acids is 2. The monoisotopic (exact) mass is 456 g/mol. The molecule has 2 heterocycles. The van der Waals surface area contributed by atoms with Crippen LogP contribution in [0.15, 0.2) is 84.8 Å². The normalized spacial score (nSPS) is 15.1. The minimum absolute atomic E-state index is 0.0956. The van der Waals surface area contributed by atoms with Crippen LogP contribution in [0.5, 0.6) is 5.75 Å². The third-order valence-electron chi connectivity index (χ3n) is 6.05. The van der Waals surface area contributed by atoms with Gasteiger partial charge in [-0.25, -0.2) is 4.98 Å². The third kappa shape index (κ3) is 5.09. The Morgan fingerprint density at radius 3 is 2.50 bits per heavy atom. The van der Waals surface area contributed by atoms with E-state index in [2.05, 4.69) is 16.5 Å². The number of aromatic amines is 1. The molecule has 1 saturated heterocycles. The standard InChI is InChI=1S/C27H28N4O3/c1-18(23(6-5-15-28)20-13-16-31(17-14-20)19(2)32)34-22-11-9-21(10-12-22)26(33)27-29-24-7-3-4-8-25(24)30-27/h3-12,15,20H,1,13-14,16-17,28H2,2H3,(H,29,30)/b15-5-,23-6+. The van der Waals surface area contributed by atoms with Gasteiger partial charge in [0.1, 0.15) is 11.5 Å². The van der Waals surface area contributed by atoms with Crippen LogP contribution in [0.4, 0.5) is 0 Å². The average molecular weight is 457 g/mol. The fourth-order valence-corrected chi connectivity index (χ4v) is 4.19. The van der Waals surface area contributed by atoms with Gasteiger partial charge in [-0.2, -0.15) is 0 Å². The fraction of sp³-hybridized carbons (Fsp3) is 0.222. The highest BCUT2D eigenvalue weighted by Crippen LogP contribution is 2.31. The molecular formula is C27H28N4O3. The second-order valence-electron chi connectivity index (χ2n) is 8.27. The van der Waals surface area contributed by atoms with Crippen molar-refractivity contribution in [1.29, 1.82) is 0 Å². The number of para-hydroxylation sites is 2. The lowest BCUT2D eigenvalue weighted by Gasteiger charge is -2.33. The third-order valence-corrected chi connectivity index (χ3v) is 6.05. The molecule has 1 aliphatic heterocycles. The second kappa shape index (κ2) is 10.2. The van der Waals surface area contributed by atoms with Crippen molar-refractivity contribution in [3.8, 4) is 5.75 Å². The van der Waals surface area contributed by atoms with Gasteiger partial charge in [-0.1, -0.05) is 24.8 Å². The lowest BCUT2D eigenvalue weighted by molar-refractivity contribution is -0.130. The van der Waals surface area contributed by atoms with Crippen molar-refractivity contribution in [2.45, 2.75) is 19.8 Å². The summed E-state index contributed by atoms with van der Waals surface area (Å²) in [6.07, 6.45) is 6.80. The Morgan fingerprint density at radius 2 is 1.85 bits per heavy atom. The van der Waals surface area contributed by atoms with E-state index in [1.54, 1.807) is 37.3 Å². The van der Waals surface area contributed by atoms with Crippen molar-refractivity contribution in [3.63, 3.8) is 0 Å². The quantitative estimate of drug-likeness (QED) is 0.313. The highest BCUT2D eigenvalue weighted by molar-refractivity contribution is 6.08. The van der Waals surface area contributed by atoms with E-state index in [0.29, 0.717) is 36.0 Å². The highest BCUT2D eigenvalue weighted by Gasteiger charge is 2.25. The maximum atomic E-state index is 12.8. The van der Waals surface area contributed by atoms with Gasteiger partial charge in [-0.3, -0.25) is 9.59 Å². The van der Waals surface area contributed by atoms with Gasteiger partial charge in [0, 0.05) is 25.6 Å². The molecule has 0 radical (unpaired) electrons. The summed E-state index contributed by atoms with van der Waals surface area (Å²) in [4.78, 5) is 33.8. The van der Waals surface area contributed by atoms with Crippen LogP contribution in [-0.4, -0.2) is 39.6 Å². The van der Waals surface area contributed by atoms with Crippen molar-refractivity contribution in [2.24, 2.45) is 11.7 Å². The van der Waals surface area contributed by atoms with Crippen LogP contribution in [-0.2, 0) is 4.79 Å². The fourth-order valence-electron chi connectivity index (χ4n) is 4.19. The Bertz CT molecular complexity index is 1230. The van der Waals surface area contributed by atoms with Crippen molar-refractivity contribution in [3.05, 3.63) is 96.2 Å². The predicted molar refractivity (Wildman–Crippen MR) is 132 cm³/mol. The summed E-state index contributed by atoms with van der Waals surface area (Å²) in [6.45, 7) is 7.14. The van der Waals surface area contributed by atoms with E-state index in [-0.39, 0.29) is 17.6 Å². The Hall–Kier alpha value is -4.13. The molecule has 1 amide bonds. The molecule has 2 aromatic carbocycles. The lowest BCUT2D eigenvalue weighted by Crippen LogP contribution is -2.37. The molecule has 0 spiro atoms. The molecule has 0 saturated carbocycles. The molecule has 0 aliphatic carbocycles. The maximum Gasteiger partial charge on any atom is 0.228 e. The van der Waals surface area contributed by atoms with E-state index in [9.17, 15) is 9.59 Å². The zero-order chi connectivity index (χ0) is 24.1. The molecule has 0 unspecified atom stereocenters. The Kier molecular flexibility index (Phi) is 6.92. The highest BCUT2D eigenvalue weighted by atomic mass is 16.5. The molecule has 4 rings (SSSR count). The van der Waals surface area contributed by atoms with E-state index in [1.165, 1.54) is 6.20 Å². The van der Waals surface area contributed by atoms with Gasteiger partial charge in [-0.05, 0) is 73.0 Å². The number of piperidine rings is 1. The molecule has 0 bridgehead atoms. The number of rotatable bonds is 7. The zero-order valence-electron chi connectivity index (χ0n) is 19.2. The first-order valence-electron chi connectivity index (χ1n) is 11.3. The van der Waals surface area contributed by atoms with Crippen molar-refractivity contribution < 1.29 is 14.3 Å². The van der Waals surface area contributed by atoms with E-state index in [0.717, 1.165) is 29.4 Å². The average Bonchev–Trinajstić information content (AvgIpc) is 3.29. The number of benzene rings is 2. The van der Waals surface area contributed by atoms with Gasteiger partial charge >= 0.3 is 0 Å². The molecule has 7 nitrogen and oxygen atoms in total. The molecule has 1 fully saturated rings. The minimum atomic E-state index is -0.188. The van der Waals surface area contributed by atoms with Gasteiger partial charge in [0.15, 0.2) is 5.82 Å². The SMILES string of the molecule is C=C(Oc1ccc(C(=O)c2nc3ccccc3[nH]2)cc1)/C(=C\C=C/N)C1CCN(C(C)=O)CC1. The van der Waals surface area contributed by atoms with Gasteiger partial charge in [0.2, 0.25) is 11.7 Å². The molecule has 3 aromatic rings. The number of nitrogens with zero attached hydrogens (tertiary/aromatic N) is 2. The Morgan fingerprint density at radius 1 is 1.15 bits per heavy atom. The van der Waals surface area contributed by atoms with Crippen molar-refractivity contribution in [1.82, 2.24) is 14.9 Å². The number of allylic oxidation sites excluding steroid dienone is 3. The first kappa shape index (κ1) is 23.0. The molecule has 3 N–H and O–H groups in total. The van der Waals surface area contributed by atoms with Gasteiger partial charge in [0.05, 0.1) is 11.0 Å². The summed E-state index contributed by atoms with van der Waals surface area (Å²) in [5.41, 5.74) is 8.58. The van der Waals surface area contributed by atoms with Crippen molar-refractivity contribution >= 4 is 22.7 Å². The number of imidazole rings is 1. The van der Waals surface area contributed by atoms with Crippen LogP contribution in [0.1, 0.15) is 35.9 Å². The van der Waals surface area contributed by atoms with Gasteiger partial charge in [0.25, 0.3) is 0 Å². The Labute approximate surface area is 198 Å². The maximum absolute atomic E-state index is 12.8. The number of hydrogen-bond donors (Lipinski definition) is 2. The number of ketones is 1. The van der Waals surface area contributed by atoms with E-state index < -0.39 is 0 Å². The van der Waals surface area contributed by atoms with Crippen LogP contribution in [0.3, 0.4) is 0 Å². The first-order chi connectivity index (χ1) is 16.5. The number of fused-ring (bicyclic) bond motifs is 1. The van der Waals surface area contributed by atoms with Crippen LogP contribution >= 0.6 is 0 Å². The number of nitrogens with two attached hydrogens (primary N) is 1. The van der Waals surface area contributed by atoms with E-state index >= 15 is 0 Å². The molecule has 1 aromatic heterocycles. The molecule has 0 atom stereocenters. The first-order valence-corrected chi connectivity index (χ1v) is 11.3. The second-order valence-corrected chi connectivity index (χ2v) is 8.27. The summed E-state index contributed by atoms with van der Waals surface area (Å²) in [5, 5.41) is 0. The van der Waals surface area contributed by atoms with Crippen LogP contribution in [0, 0.1) is 5.92 Å². The zero-order valence-corrected chi connectivity index (χ0v) is 19.2. The minimum Gasteiger partial charge on any atom is -0.458 e. The number of amides is 1. The molecule has 34 heavy (non-hydrogen) atoms. The van der Waals surface area contributed by atoms with Gasteiger partial charge < -0.3 is 20.4 Å². The predicted octanol–water partition coefficient (Wildman–Crippen LogP) is 4.34. The largest absolute Gasteiger partial charge is 0.458 e. The Balaban J connectivity index is 1.45. The lowest BCUT2D eigenvalue weighted by atomic mass is 9.87. The summed E-state index contributed by atoms with van der Waals surface area (Å²) >= 11 is 0. The summed E-state index contributed by atoms with van der Waals surface area (Å²) in [7, 11) is 0. The number of hydrogen-bond acceptors (Lipinski definition) is 5. The van der Waals surface area contributed by atoms with Crippen LogP contribution in [0.25, 0.3) is 11.0 Å². The number of likely N-dealkylation sites (tertiary alicyclic amines) is 1. The molecule has 174 valence electrons. The number of H-pyrrole nitrogens is 1. The summed E-state index contributed by atoms with van der Waals surface area (Å²) < 4.78 is 6.04. The van der Waals surface area contributed by atoms with Crippen LogP contribution < -0.4 is 10.5 Å². The number of carbonyl (C=O) groups is 2. The molecule has 7 heteroatoms. The summed E-state index contributed by atoms with van der Waals surface area (Å²) in [6, 6.07) is 14.4. The van der Waals surface area contributed by atoms with E-state index in [1.807, 2.05) is 35.2 Å². The number of nitrogens with one attached hydrogen (secondary N) is 1. The number of aromatic nitrogens is 2. The smallest absolute Gasteiger partial charge is 0.228 e. The van der Waals surface area contributed by atoms with Gasteiger partial charge in [-0.15, -0.1) is 0 Å². The summed E-state index contributed by atoms with van der Waals surface area (Å²) in [5.74, 6) is 1.53. The molecular weight excluding hydrogens is 428 g/mol. The van der Waals surface area contributed by atoms with E-state index in [4.69, 9.17) is 10.5 Å².